The SMILES string of the molecule is ClC1CCCCC(c2cncc3ccccc23)C1. The first-order valence-corrected chi connectivity index (χ1v) is 7.25. The molecule has 3 rings (SSSR count). The summed E-state index contributed by atoms with van der Waals surface area (Å²) < 4.78 is 0. The summed E-state index contributed by atoms with van der Waals surface area (Å²) in [7, 11) is 0. The first-order chi connectivity index (χ1) is 8.84. The van der Waals surface area contributed by atoms with Crippen LogP contribution in [0, 0.1) is 0 Å². The molecule has 2 heteroatoms. The van der Waals surface area contributed by atoms with Crippen molar-refractivity contribution in [3.05, 3.63) is 42.2 Å². The number of pyridine rings is 1. The molecular weight excluding hydrogens is 242 g/mol. The average Bonchev–Trinajstić information content (AvgIpc) is 2.63. The van der Waals surface area contributed by atoms with Crippen LogP contribution in [0.25, 0.3) is 10.8 Å². The number of fused-ring (bicyclic) bond motifs is 1. The summed E-state index contributed by atoms with van der Waals surface area (Å²) in [4.78, 5) is 4.40. The van der Waals surface area contributed by atoms with E-state index in [1.807, 2.05) is 12.4 Å². The molecule has 0 saturated heterocycles. The zero-order valence-electron chi connectivity index (χ0n) is 10.5. The molecule has 0 aliphatic heterocycles. The Bertz CT molecular complexity index is 532. The van der Waals surface area contributed by atoms with E-state index in [2.05, 4.69) is 29.2 Å². The van der Waals surface area contributed by atoms with E-state index in [-0.39, 0.29) is 0 Å². The number of aromatic nitrogens is 1. The summed E-state index contributed by atoms with van der Waals surface area (Å²) in [5, 5.41) is 2.92. The highest BCUT2D eigenvalue weighted by atomic mass is 35.5. The van der Waals surface area contributed by atoms with Crippen LogP contribution in [0.15, 0.2) is 36.7 Å². The van der Waals surface area contributed by atoms with Crippen molar-refractivity contribution in [3.63, 3.8) is 0 Å². The van der Waals surface area contributed by atoms with Crippen molar-refractivity contribution in [1.82, 2.24) is 4.98 Å². The van der Waals surface area contributed by atoms with Crippen LogP contribution < -0.4 is 0 Å². The van der Waals surface area contributed by atoms with Gasteiger partial charge in [-0.3, -0.25) is 4.98 Å². The first-order valence-electron chi connectivity index (χ1n) is 6.81. The molecule has 1 fully saturated rings. The number of alkyl halides is 1. The quantitative estimate of drug-likeness (QED) is 0.525. The normalized spacial score (nSPS) is 24.9. The molecule has 1 aliphatic carbocycles. The van der Waals surface area contributed by atoms with Gasteiger partial charge in [-0.1, -0.05) is 37.1 Å². The summed E-state index contributed by atoms with van der Waals surface area (Å²) in [5.74, 6) is 0.577. The minimum atomic E-state index is 0.330. The molecule has 18 heavy (non-hydrogen) atoms. The first kappa shape index (κ1) is 12.0. The molecule has 94 valence electrons. The zero-order valence-corrected chi connectivity index (χ0v) is 11.2. The smallest absolute Gasteiger partial charge is 0.0346 e. The number of nitrogens with zero attached hydrogens (tertiary/aromatic N) is 1. The maximum Gasteiger partial charge on any atom is 0.0346 e. The fourth-order valence-electron chi connectivity index (χ4n) is 3.05. The lowest BCUT2D eigenvalue weighted by Gasteiger charge is -2.18. The molecule has 0 amide bonds. The number of halogens is 1. The van der Waals surface area contributed by atoms with Crippen LogP contribution in [0.4, 0.5) is 0 Å². The molecule has 1 nitrogen and oxygen atoms in total. The van der Waals surface area contributed by atoms with Gasteiger partial charge in [-0.15, -0.1) is 11.6 Å². The van der Waals surface area contributed by atoms with E-state index in [1.165, 1.54) is 35.6 Å². The predicted molar refractivity (Wildman–Crippen MR) is 77.2 cm³/mol. The van der Waals surface area contributed by atoms with Gasteiger partial charge in [0.2, 0.25) is 0 Å². The maximum absolute atomic E-state index is 6.40. The summed E-state index contributed by atoms with van der Waals surface area (Å²) in [5.41, 5.74) is 1.39. The number of benzene rings is 1. The Morgan fingerprint density at radius 2 is 1.89 bits per heavy atom. The Kier molecular flexibility index (Phi) is 3.51. The van der Waals surface area contributed by atoms with Crippen LogP contribution in [0.2, 0.25) is 0 Å². The molecule has 1 aromatic carbocycles. The van der Waals surface area contributed by atoms with Crippen LogP contribution in [0.3, 0.4) is 0 Å². The molecular formula is C16H18ClN. The summed E-state index contributed by atoms with van der Waals surface area (Å²) in [6.07, 6.45) is 10.1. The van der Waals surface area contributed by atoms with Gasteiger partial charge in [0.15, 0.2) is 0 Å². The summed E-state index contributed by atoms with van der Waals surface area (Å²) in [6.45, 7) is 0. The largest absolute Gasteiger partial charge is 0.264 e. The molecule has 0 N–H and O–H groups in total. The van der Waals surface area contributed by atoms with Crippen LogP contribution in [0.5, 0.6) is 0 Å². The minimum Gasteiger partial charge on any atom is -0.264 e. The number of rotatable bonds is 1. The number of hydrogen-bond acceptors (Lipinski definition) is 1. The third kappa shape index (κ3) is 2.37. The van der Waals surface area contributed by atoms with E-state index in [0.717, 1.165) is 12.8 Å². The van der Waals surface area contributed by atoms with E-state index in [0.29, 0.717) is 11.3 Å². The van der Waals surface area contributed by atoms with E-state index in [4.69, 9.17) is 11.6 Å². The monoisotopic (exact) mass is 259 g/mol. The third-order valence-corrected chi connectivity index (χ3v) is 4.40. The van der Waals surface area contributed by atoms with Crippen LogP contribution in [-0.2, 0) is 0 Å². The lowest BCUT2D eigenvalue weighted by atomic mass is 9.89. The van der Waals surface area contributed by atoms with E-state index < -0.39 is 0 Å². The van der Waals surface area contributed by atoms with E-state index >= 15 is 0 Å². The lowest BCUT2D eigenvalue weighted by molar-refractivity contribution is 0.597. The van der Waals surface area contributed by atoms with Gasteiger partial charge in [0.1, 0.15) is 0 Å². The standard InChI is InChI=1S/C16H18ClN/c17-14-7-3-1-5-12(9-14)16-11-18-10-13-6-2-4-8-15(13)16/h2,4,6,8,10-12,14H,1,3,5,7,9H2. The van der Waals surface area contributed by atoms with Crippen LogP contribution in [0.1, 0.15) is 43.6 Å². The van der Waals surface area contributed by atoms with Gasteiger partial charge in [0.05, 0.1) is 0 Å². The second-order valence-electron chi connectivity index (χ2n) is 5.26. The van der Waals surface area contributed by atoms with Crippen LogP contribution in [-0.4, -0.2) is 10.4 Å². The molecule has 0 spiro atoms. The van der Waals surface area contributed by atoms with Crippen LogP contribution >= 0.6 is 11.6 Å². The van der Waals surface area contributed by atoms with Gasteiger partial charge >= 0.3 is 0 Å². The zero-order chi connectivity index (χ0) is 12.4. The molecule has 1 aliphatic rings. The van der Waals surface area contributed by atoms with Crippen molar-refractivity contribution in [2.45, 2.75) is 43.4 Å². The molecule has 0 radical (unpaired) electrons. The fraction of sp³-hybridized carbons (Fsp3) is 0.438. The Hall–Kier alpha value is -1.08. The maximum atomic E-state index is 6.40. The topological polar surface area (TPSA) is 12.9 Å². The van der Waals surface area contributed by atoms with Gasteiger partial charge in [-0.05, 0) is 36.1 Å². The molecule has 2 atom stereocenters. The van der Waals surface area contributed by atoms with Crippen molar-refractivity contribution in [2.24, 2.45) is 0 Å². The number of hydrogen-bond donors (Lipinski definition) is 0. The summed E-state index contributed by atoms with van der Waals surface area (Å²) in [6, 6.07) is 8.53. The Balaban J connectivity index is 2.02. The second kappa shape index (κ2) is 5.27. The molecule has 0 bridgehead atoms. The average molecular weight is 260 g/mol. The van der Waals surface area contributed by atoms with Crippen molar-refractivity contribution < 1.29 is 0 Å². The van der Waals surface area contributed by atoms with Crippen molar-refractivity contribution >= 4 is 22.4 Å². The minimum absolute atomic E-state index is 0.330. The van der Waals surface area contributed by atoms with Crippen molar-refractivity contribution in [1.29, 1.82) is 0 Å². The van der Waals surface area contributed by atoms with Crippen molar-refractivity contribution in [3.8, 4) is 0 Å². The summed E-state index contributed by atoms with van der Waals surface area (Å²) >= 11 is 6.40. The highest BCUT2D eigenvalue weighted by Gasteiger charge is 2.21. The van der Waals surface area contributed by atoms with Gasteiger partial charge in [0.25, 0.3) is 0 Å². The molecule has 1 aromatic heterocycles. The third-order valence-electron chi connectivity index (χ3n) is 4.00. The highest BCUT2D eigenvalue weighted by Crippen LogP contribution is 2.36. The van der Waals surface area contributed by atoms with Gasteiger partial charge in [-0.25, -0.2) is 0 Å². The lowest BCUT2D eigenvalue weighted by Crippen LogP contribution is -2.05. The Morgan fingerprint density at radius 3 is 2.83 bits per heavy atom. The Labute approximate surface area is 113 Å². The van der Waals surface area contributed by atoms with Gasteiger partial charge in [-0.2, -0.15) is 0 Å². The van der Waals surface area contributed by atoms with E-state index in [9.17, 15) is 0 Å². The Morgan fingerprint density at radius 1 is 1.06 bits per heavy atom. The molecule has 2 unspecified atom stereocenters. The van der Waals surface area contributed by atoms with E-state index in [1.54, 1.807) is 0 Å². The highest BCUT2D eigenvalue weighted by molar-refractivity contribution is 6.20. The predicted octanol–water partition coefficient (Wildman–Crippen LogP) is 4.89. The molecule has 1 saturated carbocycles. The van der Waals surface area contributed by atoms with Gasteiger partial charge in [0, 0.05) is 23.2 Å². The molecule has 2 aromatic rings. The van der Waals surface area contributed by atoms with Crippen molar-refractivity contribution in [2.75, 3.05) is 0 Å². The molecule has 1 heterocycles. The van der Waals surface area contributed by atoms with Gasteiger partial charge < -0.3 is 0 Å². The second-order valence-corrected chi connectivity index (χ2v) is 5.88. The fourth-order valence-corrected chi connectivity index (χ4v) is 3.42.